The Bertz CT molecular complexity index is 783. The predicted octanol–water partition coefficient (Wildman–Crippen LogP) is 5.06. The van der Waals surface area contributed by atoms with E-state index < -0.39 is 5.97 Å². The zero-order chi connectivity index (χ0) is 17.0. The normalized spacial score (nSPS) is 10.0. The average Bonchev–Trinajstić information content (AvgIpc) is 2.49. The summed E-state index contributed by atoms with van der Waals surface area (Å²) in [5.41, 5.74) is 0.503. The van der Waals surface area contributed by atoms with Crippen LogP contribution in [0.4, 0.5) is 0 Å². The Kier molecular flexibility index (Phi) is 6.76. The highest BCUT2D eigenvalue weighted by Crippen LogP contribution is 2.30. The Morgan fingerprint density at radius 1 is 1.17 bits per heavy atom. The van der Waals surface area contributed by atoms with E-state index in [4.69, 9.17) is 37.9 Å². The van der Waals surface area contributed by atoms with Crippen LogP contribution in [0.15, 0.2) is 30.3 Å². The molecule has 0 saturated carbocycles. The minimum absolute atomic E-state index is 0.298. The van der Waals surface area contributed by atoms with Gasteiger partial charge in [0.25, 0.3) is 0 Å². The van der Waals surface area contributed by atoms with E-state index >= 15 is 0 Å². The Labute approximate surface area is 169 Å². The molecule has 0 aromatic heterocycles. The number of esters is 1. The summed E-state index contributed by atoms with van der Waals surface area (Å²) in [6.45, 7) is -0.298. The van der Waals surface area contributed by atoms with Crippen LogP contribution in [0.25, 0.3) is 0 Å². The first-order valence-electron chi connectivity index (χ1n) is 6.08. The summed E-state index contributed by atoms with van der Waals surface area (Å²) in [5.74, 6) is 0.176. The Balaban J connectivity index is 2.04. The van der Waals surface area contributed by atoms with E-state index in [1.54, 1.807) is 24.3 Å². The first-order chi connectivity index (χ1) is 10.9. The smallest absolute Gasteiger partial charge is 0.349 e. The monoisotopic (exact) mass is 573 g/mol. The molecule has 0 spiro atoms. The van der Waals surface area contributed by atoms with Crippen LogP contribution in [-0.4, -0.2) is 12.6 Å². The van der Waals surface area contributed by atoms with E-state index in [-0.39, 0.29) is 6.61 Å². The fourth-order valence-corrected chi connectivity index (χ4v) is 4.05. The van der Waals surface area contributed by atoms with Crippen LogP contribution >= 0.6 is 68.4 Å². The van der Waals surface area contributed by atoms with Gasteiger partial charge in [-0.25, -0.2) is 4.79 Å². The lowest BCUT2D eigenvalue weighted by Crippen LogP contribution is -2.19. The molecule has 0 atom stereocenters. The molecule has 0 radical (unpaired) electrons. The molecule has 0 unspecified atom stereocenters. The molecule has 0 amide bonds. The fourth-order valence-electron chi connectivity index (χ4n) is 1.59. The number of hydrogen-bond acceptors (Lipinski definition) is 4. The molecule has 0 bridgehead atoms. The molecule has 0 aliphatic carbocycles. The van der Waals surface area contributed by atoms with E-state index in [9.17, 15) is 4.79 Å². The molecule has 0 fully saturated rings. The molecule has 2 rings (SSSR count). The molecule has 2 aromatic carbocycles. The van der Waals surface area contributed by atoms with Crippen LogP contribution in [0.5, 0.6) is 11.5 Å². The van der Waals surface area contributed by atoms with Crippen molar-refractivity contribution in [2.75, 3.05) is 6.61 Å². The summed E-state index contributed by atoms with van der Waals surface area (Å²) in [6.07, 6.45) is 0. The van der Waals surface area contributed by atoms with Gasteiger partial charge in [0.15, 0.2) is 12.4 Å². The molecule has 2 aromatic rings. The van der Waals surface area contributed by atoms with Crippen molar-refractivity contribution < 1.29 is 14.3 Å². The number of carbonyl (C=O) groups excluding carboxylic acids is 1. The van der Waals surface area contributed by atoms with Gasteiger partial charge in [0.1, 0.15) is 5.75 Å². The summed E-state index contributed by atoms with van der Waals surface area (Å²) >= 11 is 15.8. The third kappa shape index (κ3) is 5.11. The largest absolute Gasteiger partial charge is 0.480 e. The lowest BCUT2D eigenvalue weighted by molar-refractivity contribution is -0.136. The van der Waals surface area contributed by atoms with Crippen molar-refractivity contribution >= 4 is 74.4 Å². The predicted molar refractivity (Wildman–Crippen MR) is 104 cm³/mol. The lowest BCUT2D eigenvalue weighted by atomic mass is 10.2. The Morgan fingerprint density at radius 3 is 2.39 bits per heavy atom. The number of hydrogen-bond donors (Lipinski definition) is 0. The van der Waals surface area contributed by atoms with Gasteiger partial charge in [-0.15, -0.1) is 0 Å². The maximum atomic E-state index is 11.9. The highest BCUT2D eigenvalue weighted by atomic mass is 127. The maximum Gasteiger partial charge on any atom is 0.349 e. The number of nitrogens with zero attached hydrogens (tertiary/aromatic N) is 1. The number of rotatable bonds is 4. The quantitative estimate of drug-likeness (QED) is 0.292. The lowest BCUT2D eigenvalue weighted by Gasteiger charge is -2.11. The Hall–Kier alpha value is -0.760. The number of nitriles is 1. The van der Waals surface area contributed by atoms with E-state index in [1.807, 2.05) is 51.3 Å². The van der Waals surface area contributed by atoms with E-state index in [0.29, 0.717) is 34.2 Å². The summed E-state index contributed by atoms with van der Waals surface area (Å²) < 4.78 is 12.0. The van der Waals surface area contributed by atoms with Gasteiger partial charge < -0.3 is 9.47 Å². The highest BCUT2D eigenvalue weighted by molar-refractivity contribution is 14.1. The van der Waals surface area contributed by atoms with Crippen molar-refractivity contribution in [2.45, 2.75) is 0 Å². The van der Waals surface area contributed by atoms with Gasteiger partial charge in [0, 0.05) is 5.02 Å². The maximum absolute atomic E-state index is 11.9. The van der Waals surface area contributed by atoms with Gasteiger partial charge in [-0.1, -0.05) is 23.2 Å². The van der Waals surface area contributed by atoms with Crippen LogP contribution in [0.3, 0.4) is 0 Å². The van der Waals surface area contributed by atoms with Gasteiger partial charge in [-0.3, -0.25) is 0 Å². The van der Waals surface area contributed by atoms with Crippen molar-refractivity contribution in [3.8, 4) is 17.6 Å². The number of halogens is 4. The standard InChI is InChI=1S/C15H7Cl2I2NO3/c16-9-1-2-13(10(17)5-9)22-7-14(21)23-15-11(18)3-8(6-20)4-12(15)19/h1-5H,7H2. The van der Waals surface area contributed by atoms with Crippen LogP contribution in [0, 0.1) is 18.5 Å². The average molecular weight is 574 g/mol. The summed E-state index contributed by atoms with van der Waals surface area (Å²) in [5, 5.41) is 9.70. The van der Waals surface area contributed by atoms with E-state index in [1.165, 1.54) is 6.07 Å². The minimum Gasteiger partial charge on any atom is -0.480 e. The molecule has 0 aliphatic rings. The number of benzene rings is 2. The van der Waals surface area contributed by atoms with Gasteiger partial charge in [-0.2, -0.15) is 5.26 Å². The van der Waals surface area contributed by atoms with E-state index in [2.05, 4.69) is 0 Å². The molecule has 0 N–H and O–H groups in total. The SMILES string of the molecule is N#Cc1cc(I)c(OC(=O)COc2ccc(Cl)cc2Cl)c(I)c1. The summed E-state index contributed by atoms with van der Waals surface area (Å²) in [7, 11) is 0. The molecule has 23 heavy (non-hydrogen) atoms. The van der Waals surface area contributed by atoms with Crippen molar-refractivity contribution in [1.29, 1.82) is 5.26 Å². The van der Waals surface area contributed by atoms with Gasteiger partial charge in [-0.05, 0) is 75.5 Å². The molecule has 0 saturated heterocycles. The first-order valence-corrected chi connectivity index (χ1v) is 8.99. The van der Waals surface area contributed by atoms with Crippen LogP contribution < -0.4 is 9.47 Å². The van der Waals surface area contributed by atoms with Gasteiger partial charge in [0.05, 0.1) is 23.8 Å². The number of carbonyl (C=O) groups is 1. The third-order valence-corrected chi connectivity index (χ3v) is 4.72. The molecule has 8 heteroatoms. The number of ether oxygens (including phenoxy) is 2. The molecular weight excluding hydrogens is 567 g/mol. The summed E-state index contributed by atoms with van der Waals surface area (Å²) in [6, 6.07) is 10.0. The zero-order valence-corrected chi connectivity index (χ0v) is 17.1. The highest BCUT2D eigenvalue weighted by Gasteiger charge is 2.14. The van der Waals surface area contributed by atoms with Crippen LogP contribution in [-0.2, 0) is 4.79 Å². The van der Waals surface area contributed by atoms with Crippen molar-refractivity contribution in [3.63, 3.8) is 0 Å². The summed E-state index contributed by atoms with van der Waals surface area (Å²) in [4.78, 5) is 11.9. The second kappa shape index (κ2) is 8.37. The third-order valence-electron chi connectivity index (χ3n) is 2.58. The molecular formula is C15H7Cl2I2NO3. The van der Waals surface area contributed by atoms with Crippen LogP contribution in [0.1, 0.15) is 5.56 Å². The minimum atomic E-state index is -0.573. The Morgan fingerprint density at radius 2 is 1.83 bits per heavy atom. The zero-order valence-electron chi connectivity index (χ0n) is 11.3. The van der Waals surface area contributed by atoms with Gasteiger partial charge >= 0.3 is 5.97 Å². The van der Waals surface area contributed by atoms with Crippen molar-refractivity contribution in [2.24, 2.45) is 0 Å². The van der Waals surface area contributed by atoms with Crippen LogP contribution in [0.2, 0.25) is 10.0 Å². The second-order valence-corrected chi connectivity index (χ2v) is 7.39. The topological polar surface area (TPSA) is 59.3 Å². The van der Waals surface area contributed by atoms with E-state index in [0.717, 1.165) is 0 Å². The molecule has 118 valence electrons. The van der Waals surface area contributed by atoms with Crippen molar-refractivity contribution in [3.05, 3.63) is 53.1 Å². The first kappa shape index (κ1) is 18.6. The van der Waals surface area contributed by atoms with Gasteiger partial charge in [0.2, 0.25) is 0 Å². The molecule has 4 nitrogen and oxygen atoms in total. The fraction of sp³-hybridized carbons (Fsp3) is 0.0667. The molecule has 0 heterocycles. The molecule has 0 aliphatic heterocycles. The van der Waals surface area contributed by atoms with Crippen molar-refractivity contribution in [1.82, 2.24) is 0 Å². The second-order valence-electron chi connectivity index (χ2n) is 4.22.